The minimum absolute atomic E-state index is 0.122. The first kappa shape index (κ1) is 12.6. The molecule has 0 saturated heterocycles. The van der Waals surface area contributed by atoms with Gasteiger partial charge in [0.2, 0.25) is 12.7 Å². The first-order valence-electron chi connectivity index (χ1n) is 5.60. The molecule has 20 heavy (non-hydrogen) atoms. The Labute approximate surface area is 117 Å². The molecular weight excluding hydrogens is 284 g/mol. The summed E-state index contributed by atoms with van der Waals surface area (Å²) in [5.41, 5.74) is 6.47. The summed E-state index contributed by atoms with van der Waals surface area (Å²) < 4.78 is 12.1. The molecule has 2 heterocycles. The number of carboxylic acids is 1. The molecule has 3 N–H and O–H groups in total. The number of rotatable bonds is 4. The summed E-state index contributed by atoms with van der Waals surface area (Å²) >= 11 is 1.04. The fraction of sp³-hybridized carbons (Fsp3) is 0.182. The molecule has 104 valence electrons. The SMILES string of the molecule is Nc1nnc(SCC(=O)O)n1-c1ccc2c(c1)OCO2. The van der Waals surface area contributed by atoms with E-state index in [-0.39, 0.29) is 18.5 Å². The third kappa shape index (κ3) is 2.23. The highest BCUT2D eigenvalue weighted by atomic mass is 32.2. The van der Waals surface area contributed by atoms with Crippen LogP contribution in [-0.2, 0) is 4.79 Å². The van der Waals surface area contributed by atoms with Crippen molar-refractivity contribution in [1.29, 1.82) is 0 Å². The van der Waals surface area contributed by atoms with Gasteiger partial charge in [0.05, 0.1) is 11.4 Å². The third-order valence-electron chi connectivity index (χ3n) is 2.60. The van der Waals surface area contributed by atoms with Crippen molar-refractivity contribution in [1.82, 2.24) is 14.8 Å². The lowest BCUT2D eigenvalue weighted by Crippen LogP contribution is -2.04. The first-order chi connectivity index (χ1) is 9.65. The van der Waals surface area contributed by atoms with Gasteiger partial charge in [0.15, 0.2) is 16.7 Å². The molecule has 0 saturated carbocycles. The lowest BCUT2D eigenvalue weighted by molar-refractivity contribution is -0.133. The average molecular weight is 294 g/mol. The number of ether oxygens (including phenoxy) is 2. The molecule has 0 amide bonds. The Hall–Kier alpha value is -2.42. The fourth-order valence-electron chi connectivity index (χ4n) is 1.77. The Morgan fingerprint density at radius 1 is 1.40 bits per heavy atom. The topological polar surface area (TPSA) is 112 Å². The summed E-state index contributed by atoms with van der Waals surface area (Å²) in [6, 6.07) is 5.27. The van der Waals surface area contributed by atoms with Crippen LogP contribution in [0.4, 0.5) is 5.95 Å². The Morgan fingerprint density at radius 2 is 2.20 bits per heavy atom. The van der Waals surface area contributed by atoms with Gasteiger partial charge in [0, 0.05) is 6.07 Å². The van der Waals surface area contributed by atoms with Crippen molar-refractivity contribution in [2.75, 3.05) is 18.3 Å². The number of hydrogen-bond acceptors (Lipinski definition) is 7. The summed E-state index contributed by atoms with van der Waals surface area (Å²) in [4.78, 5) is 10.6. The van der Waals surface area contributed by atoms with Crippen molar-refractivity contribution in [2.24, 2.45) is 0 Å². The van der Waals surface area contributed by atoms with Gasteiger partial charge in [-0.2, -0.15) is 0 Å². The summed E-state index contributed by atoms with van der Waals surface area (Å²) in [5, 5.41) is 16.8. The Balaban J connectivity index is 1.97. The van der Waals surface area contributed by atoms with Crippen molar-refractivity contribution in [3.63, 3.8) is 0 Å². The number of hydrogen-bond donors (Lipinski definition) is 2. The number of carboxylic acid groups (broad SMARTS) is 1. The summed E-state index contributed by atoms with van der Waals surface area (Å²) in [6.45, 7) is 0.178. The largest absolute Gasteiger partial charge is 0.481 e. The van der Waals surface area contributed by atoms with Crippen LogP contribution in [-0.4, -0.2) is 38.4 Å². The molecule has 0 atom stereocenters. The van der Waals surface area contributed by atoms with Gasteiger partial charge in [0.1, 0.15) is 0 Å². The number of anilines is 1. The molecule has 0 spiro atoms. The van der Waals surface area contributed by atoms with Crippen LogP contribution in [0.1, 0.15) is 0 Å². The quantitative estimate of drug-likeness (QED) is 0.794. The molecule has 0 unspecified atom stereocenters. The summed E-state index contributed by atoms with van der Waals surface area (Å²) in [7, 11) is 0. The van der Waals surface area contributed by atoms with E-state index in [0.29, 0.717) is 22.3 Å². The minimum Gasteiger partial charge on any atom is -0.481 e. The standard InChI is InChI=1S/C11H10N4O4S/c12-10-13-14-11(20-4-9(16)17)15(10)6-1-2-7-8(3-6)19-5-18-7/h1-3H,4-5H2,(H2,12,13)(H,16,17). The summed E-state index contributed by atoms with van der Waals surface area (Å²) in [5.74, 6) is 0.373. The number of aliphatic carboxylic acids is 1. The van der Waals surface area contributed by atoms with Crippen LogP contribution in [0.25, 0.3) is 5.69 Å². The Morgan fingerprint density at radius 3 is 3.00 bits per heavy atom. The Bertz CT molecular complexity index is 672. The predicted molar refractivity (Wildman–Crippen MR) is 70.3 cm³/mol. The number of nitrogens with zero attached hydrogens (tertiary/aromatic N) is 3. The second kappa shape index (κ2) is 4.93. The molecule has 1 aliphatic heterocycles. The highest BCUT2D eigenvalue weighted by Crippen LogP contribution is 2.35. The van der Waals surface area contributed by atoms with Gasteiger partial charge in [-0.05, 0) is 12.1 Å². The highest BCUT2D eigenvalue weighted by molar-refractivity contribution is 7.99. The minimum atomic E-state index is -0.936. The van der Waals surface area contributed by atoms with Crippen molar-refractivity contribution >= 4 is 23.7 Å². The van der Waals surface area contributed by atoms with Crippen LogP contribution in [0, 0.1) is 0 Å². The van der Waals surface area contributed by atoms with E-state index in [4.69, 9.17) is 20.3 Å². The van der Waals surface area contributed by atoms with Crippen LogP contribution >= 0.6 is 11.8 Å². The lowest BCUT2D eigenvalue weighted by Gasteiger charge is -2.08. The van der Waals surface area contributed by atoms with Gasteiger partial charge < -0.3 is 20.3 Å². The zero-order chi connectivity index (χ0) is 14.1. The maximum atomic E-state index is 10.6. The second-order valence-electron chi connectivity index (χ2n) is 3.90. The molecule has 8 nitrogen and oxygen atoms in total. The van der Waals surface area contributed by atoms with E-state index in [1.54, 1.807) is 22.8 Å². The van der Waals surface area contributed by atoms with Crippen molar-refractivity contribution in [3.05, 3.63) is 18.2 Å². The number of nitrogens with two attached hydrogens (primary N) is 1. The monoisotopic (exact) mass is 294 g/mol. The predicted octanol–water partition coefficient (Wildman–Crippen LogP) is 0.755. The molecule has 0 radical (unpaired) electrons. The van der Waals surface area contributed by atoms with E-state index in [1.807, 2.05) is 0 Å². The number of fused-ring (bicyclic) bond motifs is 1. The molecule has 9 heteroatoms. The van der Waals surface area contributed by atoms with Crippen LogP contribution in [0.15, 0.2) is 23.4 Å². The van der Waals surface area contributed by atoms with Gasteiger partial charge in [-0.25, -0.2) is 0 Å². The molecule has 2 aromatic rings. The molecule has 0 bridgehead atoms. The zero-order valence-electron chi connectivity index (χ0n) is 10.1. The highest BCUT2D eigenvalue weighted by Gasteiger charge is 2.18. The molecule has 1 aliphatic rings. The number of thioether (sulfide) groups is 1. The van der Waals surface area contributed by atoms with Crippen molar-refractivity contribution < 1.29 is 19.4 Å². The molecule has 3 rings (SSSR count). The number of aromatic nitrogens is 3. The zero-order valence-corrected chi connectivity index (χ0v) is 11.0. The van der Waals surface area contributed by atoms with Gasteiger partial charge in [-0.15, -0.1) is 10.2 Å². The van der Waals surface area contributed by atoms with E-state index >= 15 is 0 Å². The van der Waals surface area contributed by atoms with Crippen LogP contribution < -0.4 is 15.2 Å². The molecular formula is C11H10N4O4S. The lowest BCUT2D eigenvalue weighted by atomic mass is 10.3. The van der Waals surface area contributed by atoms with E-state index in [0.717, 1.165) is 11.8 Å². The van der Waals surface area contributed by atoms with Crippen molar-refractivity contribution in [2.45, 2.75) is 5.16 Å². The maximum Gasteiger partial charge on any atom is 0.313 e. The third-order valence-corrected chi connectivity index (χ3v) is 3.51. The molecule has 0 fully saturated rings. The van der Waals surface area contributed by atoms with Crippen molar-refractivity contribution in [3.8, 4) is 17.2 Å². The van der Waals surface area contributed by atoms with Crippen LogP contribution in [0.3, 0.4) is 0 Å². The second-order valence-corrected chi connectivity index (χ2v) is 4.84. The van der Waals surface area contributed by atoms with Gasteiger partial charge in [-0.1, -0.05) is 11.8 Å². The van der Waals surface area contributed by atoms with Crippen LogP contribution in [0.2, 0.25) is 0 Å². The summed E-state index contributed by atoms with van der Waals surface area (Å²) in [6.07, 6.45) is 0. The Kier molecular flexibility index (Phi) is 3.11. The van der Waals surface area contributed by atoms with E-state index < -0.39 is 5.97 Å². The average Bonchev–Trinajstić information content (AvgIpc) is 3.01. The normalized spacial score (nSPS) is 12.6. The number of benzene rings is 1. The smallest absolute Gasteiger partial charge is 0.313 e. The van der Waals surface area contributed by atoms with Gasteiger partial charge >= 0.3 is 5.97 Å². The number of carbonyl (C=O) groups is 1. The van der Waals surface area contributed by atoms with Gasteiger partial charge in [0.25, 0.3) is 0 Å². The van der Waals surface area contributed by atoms with Gasteiger partial charge in [-0.3, -0.25) is 9.36 Å². The van der Waals surface area contributed by atoms with E-state index in [1.165, 1.54) is 0 Å². The fourth-order valence-corrected chi connectivity index (χ4v) is 2.45. The van der Waals surface area contributed by atoms with E-state index in [9.17, 15) is 4.79 Å². The molecule has 1 aromatic heterocycles. The van der Waals surface area contributed by atoms with E-state index in [2.05, 4.69) is 10.2 Å². The first-order valence-corrected chi connectivity index (χ1v) is 6.59. The van der Waals surface area contributed by atoms with Crippen LogP contribution in [0.5, 0.6) is 11.5 Å². The maximum absolute atomic E-state index is 10.6. The number of nitrogen functional groups attached to an aromatic ring is 1. The molecule has 1 aromatic carbocycles. The molecule has 0 aliphatic carbocycles.